The molecule has 0 aromatic heterocycles. The van der Waals surface area contributed by atoms with Crippen molar-refractivity contribution in [3.05, 3.63) is 35.4 Å². The van der Waals surface area contributed by atoms with E-state index in [1.165, 1.54) is 12.1 Å². The zero-order valence-corrected chi connectivity index (χ0v) is 8.91. The standard InChI is InChI=1S/C11H13NO5/c12-11(17)7-4-2-1-3-6(7)10(16)8(13)5-9(14)15/h1-4,8,10,13,16H,5H2,(H2,12,17)(H,14,15). The van der Waals surface area contributed by atoms with Crippen molar-refractivity contribution in [2.24, 2.45) is 5.73 Å². The Kier molecular flexibility index (Phi) is 4.19. The number of rotatable bonds is 5. The second-order valence-corrected chi connectivity index (χ2v) is 3.56. The first kappa shape index (κ1) is 13.1. The van der Waals surface area contributed by atoms with Gasteiger partial charge in [0.05, 0.1) is 12.5 Å². The Morgan fingerprint density at radius 2 is 1.82 bits per heavy atom. The van der Waals surface area contributed by atoms with Gasteiger partial charge >= 0.3 is 5.97 Å². The summed E-state index contributed by atoms with van der Waals surface area (Å²) in [6.07, 6.45) is -3.57. The number of primary amides is 1. The molecule has 0 aliphatic rings. The summed E-state index contributed by atoms with van der Waals surface area (Å²) < 4.78 is 0. The lowest BCUT2D eigenvalue weighted by Crippen LogP contribution is -2.24. The van der Waals surface area contributed by atoms with Crippen LogP contribution in [0.5, 0.6) is 0 Å². The Morgan fingerprint density at radius 3 is 2.35 bits per heavy atom. The molecule has 92 valence electrons. The molecule has 0 spiro atoms. The number of carboxylic acid groups (broad SMARTS) is 1. The third kappa shape index (κ3) is 3.27. The van der Waals surface area contributed by atoms with Gasteiger partial charge in [0.25, 0.3) is 0 Å². The van der Waals surface area contributed by atoms with E-state index < -0.39 is 30.5 Å². The van der Waals surface area contributed by atoms with Gasteiger partial charge in [-0.25, -0.2) is 0 Å². The molecule has 2 atom stereocenters. The largest absolute Gasteiger partial charge is 0.481 e. The summed E-state index contributed by atoms with van der Waals surface area (Å²) in [5.41, 5.74) is 5.28. The molecule has 0 bridgehead atoms. The van der Waals surface area contributed by atoms with E-state index in [4.69, 9.17) is 10.8 Å². The third-order valence-electron chi connectivity index (χ3n) is 2.29. The van der Waals surface area contributed by atoms with Crippen molar-refractivity contribution in [2.75, 3.05) is 0 Å². The van der Waals surface area contributed by atoms with Crippen molar-refractivity contribution in [3.8, 4) is 0 Å². The predicted octanol–water partition coefficient (Wildman–Crippen LogP) is -0.345. The van der Waals surface area contributed by atoms with Crippen LogP contribution in [0.2, 0.25) is 0 Å². The number of aliphatic hydroxyl groups excluding tert-OH is 2. The summed E-state index contributed by atoms with van der Waals surface area (Å²) in [4.78, 5) is 21.5. The summed E-state index contributed by atoms with van der Waals surface area (Å²) in [6.45, 7) is 0. The van der Waals surface area contributed by atoms with Crippen LogP contribution >= 0.6 is 0 Å². The summed E-state index contributed by atoms with van der Waals surface area (Å²) in [7, 11) is 0. The normalized spacial score (nSPS) is 14.0. The quantitative estimate of drug-likeness (QED) is 0.559. The monoisotopic (exact) mass is 239 g/mol. The highest BCUT2D eigenvalue weighted by atomic mass is 16.4. The number of aliphatic hydroxyl groups is 2. The molecule has 5 N–H and O–H groups in total. The highest BCUT2D eigenvalue weighted by Gasteiger charge is 2.24. The predicted molar refractivity (Wildman–Crippen MR) is 58.2 cm³/mol. The van der Waals surface area contributed by atoms with Crippen LogP contribution in [0, 0.1) is 0 Å². The summed E-state index contributed by atoms with van der Waals surface area (Å²) in [5.74, 6) is -1.99. The van der Waals surface area contributed by atoms with Gasteiger partial charge in [-0.15, -0.1) is 0 Å². The van der Waals surface area contributed by atoms with Gasteiger partial charge in [-0.05, 0) is 11.6 Å². The van der Waals surface area contributed by atoms with Crippen LogP contribution in [-0.2, 0) is 4.79 Å². The van der Waals surface area contributed by atoms with Gasteiger partial charge in [-0.3, -0.25) is 9.59 Å². The maximum absolute atomic E-state index is 11.1. The second-order valence-electron chi connectivity index (χ2n) is 3.56. The Labute approximate surface area is 97.3 Å². The zero-order chi connectivity index (χ0) is 13.0. The molecule has 1 amide bonds. The van der Waals surface area contributed by atoms with Crippen LogP contribution in [-0.4, -0.2) is 33.3 Å². The first-order valence-corrected chi connectivity index (χ1v) is 4.90. The van der Waals surface area contributed by atoms with Crippen molar-refractivity contribution in [1.29, 1.82) is 0 Å². The molecule has 1 rings (SSSR count). The van der Waals surface area contributed by atoms with Crippen LogP contribution < -0.4 is 5.73 Å². The molecule has 0 aliphatic heterocycles. The topological polar surface area (TPSA) is 121 Å². The van der Waals surface area contributed by atoms with E-state index in [9.17, 15) is 19.8 Å². The van der Waals surface area contributed by atoms with Crippen LogP contribution in [0.4, 0.5) is 0 Å². The highest BCUT2D eigenvalue weighted by molar-refractivity contribution is 5.94. The van der Waals surface area contributed by atoms with Crippen molar-refractivity contribution in [1.82, 2.24) is 0 Å². The summed E-state index contributed by atoms with van der Waals surface area (Å²) in [6, 6.07) is 5.92. The van der Waals surface area contributed by atoms with E-state index in [-0.39, 0.29) is 11.1 Å². The minimum atomic E-state index is -1.49. The van der Waals surface area contributed by atoms with E-state index in [1.807, 2.05) is 0 Å². The van der Waals surface area contributed by atoms with Crippen molar-refractivity contribution in [2.45, 2.75) is 18.6 Å². The molecule has 0 aliphatic carbocycles. The fraction of sp³-hybridized carbons (Fsp3) is 0.273. The van der Waals surface area contributed by atoms with E-state index in [0.29, 0.717) is 0 Å². The number of benzene rings is 1. The molecule has 0 heterocycles. The maximum Gasteiger partial charge on any atom is 0.306 e. The first-order valence-electron chi connectivity index (χ1n) is 4.90. The number of aliphatic carboxylic acids is 1. The maximum atomic E-state index is 11.1. The smallest absolute Gasteiger partial charge is 0.306 e. The minimum absolute atomic E-state index is 0.0597. The minimum Gasteiger partial charge on any atom is -0.481 e. The van der Waals surface area contributed by atoms with Crippen LogP contribution in [0.1, 0.15) is 28.4 Å². The molecular formula is C11H13NO5. The lowest BCUT2D eigenvalue weighted by Gasteiger charge is -2.18. The van der Waals surface area contributed by atoms with Crippen LogP contribution in [0.25, 0.3) is 0 Å². The van der Waals surface area contributed by atoms with E-state index in [2.05, 4.69) is 0 Å². The van der Waals surface area contributed by atoms with Gasteiger partial charge in [0.2, 0.25) is 5.91 Å². The summed E-state index contributed by atoms with van der Waals surface area (Å²) >= 11 is 0. The molecule has 17 heavy (non-hydrogen) atoms. The number of carboxylic acids is 1. The third-order valence-corrected chi connectivity index (χ3v) is 2.29. The van der Waals surface area contributed by atoms with Gasteiger partial charge in [-0.1, -0.05) is 18.2 Å². The number of hydrogen-bond donors (Lipinski definition) is 4. The number of hydrogen-bond acceptors (Lipinski definition) is 4. The van der Waals surface area contributed by atoms with E-state index in [0.717, 1.165) is 0 Å². The molecule has 6 heteroatoms. The second kappa shape index (κ2) is 5.42. The van der Waals surface area contributed by atoms with Crippen LogP contribution in [0.15, 0.2) is 24.3 Å². The average molecular weight is 239 g/mol. The van der Waals surface area contributed by atoms with Crippen molar-refractivity contribution >= 4 is 11.9 Å². The Morgan fingerprint density at radius 1 is 1.24 bits per heavy atom. The molecule has 0 saturated heterocycles. The van der Waals surface area contributed by atoms with E-state index >= 15 is 0 Å². The number of carbonyl (C=O) groups excluding carboxylic acids is 1. The molecule has 6 nitrogen and oxygen atoms in total. The Balaban J connectivity index is 2.99. The van der Waals surface area contributed by atoms with E-state index in [1.54, 1.807) is 12.1 Å². The molecule has 1 aromatic carbocycles. The zero-order valence-electron chi connectivity index (χ0n) is 8.91. The lowest BCUT2D eigenvalue weighted by molar-refractivity contribution is -0.141. The SMILES string of the molecule is NC(=O)c1ccccc1C(O)C(O)CC(=O)O. The number of carbonyl (C=O) groups is 2. The number of nitrogens with two attached hydrogens (primary N) is 1. The molecular weight excluding hydrogens is 226 g/mol. The molecule has 1 aromatic rings. The fourth-order valence-electron chi connectivity index (χ4n) is 1.48. The lowest BCUT2D eigenvalue weighted by atomic mass is 9.97. The molecule has 0 radical (unpaired) electrons. The highest BCUT2D eigenvalue weighted by Crippen LogP contribution is 2.22. The van der Waals surface area contributed by atoms with Crippen molar-refractivity contribution < 1.29 is 24.9 Å². The fourth-order valence-corrected chi connectivity index (χ4v) is 1.48. The van der Waals surface area contributed by atoms with Gasteiger partial charge in [-0.2, -0.15) is 0 Å². The molecule has 2 unspecified atom stereocenters. The van der Waals surface area contributed by atoms with Gasteiger partial charge in [0, 0.05) is 5.56 Å². The number of amides is 1. The Bertz CT molecular complexity index is 432. The summed E-state index contributed by atoms with van der Waals surface area (Å²) in [5, 5.41) is 27.7. The van der Waals surface area contributed by atoms with Gasteiger partial charge in [0.1, 0.15) is 6.10 Å². The Hall–Kier alpha value is -1.92. The van der Waals surface area contributed by atoms with Crippen LogP contribution in [0.3, 0.4) is 0 Å². The van der Waals surface area contributed by atoms with Gasteiger partial charge < -0.3 is 21.1 Å². The van der Waals surface area contributed by atoms with Crippen molar-refractivity contribution in [3.63, 3.8) is 0 Å². The molecule has 0 fully saturated rings. The molecule has 0 saturated carbocycles. The first-order chi connectivity index (χ1) is 7.93. The average Bonchev–Trinajstić information content (AvgIpc) is 2.27. The van der Waals surface area contributed by atoms with Gasteiger partial charge in [0.15, 0.2) is 0 Å².